The Balaban J connectivity index is 2.68. The molecule has 1 aliphatic rings. The Morgan fingerprint density at radius 1 is 1.35 bits per heavy atom. The summed E-state index contributed by atoms with van der Waals surface area (Å²) in [6, 6.07) is 0. The lowest BCUT2D eigenvalue weighted by molar-refractivity contribution is -0.140. The molecule has 1 N–H and O–H groups in total. The average Bonchev–Trinajstić information content (AvgIpc) is 2.42. The molecular weight excluding hydrogens is 214 g/mol. The Bertz CT molecular complexity index is 253. The Morgan fingerprint density at radius 2 is 2.06 bits per heavy atom. The summed E-state index contributed by atoms with van der Waals surface area (Å²) >= 11 is 0. The minimum Gasteiger partial charge on any atom is -0.481 e. The maximum Gasteiger partial charge on any atom is 0.305 e. The van der Waals surface area contributed by atoms with E-state index in [1.165, 1.54) is 32.1 Å². The molecular formula is C14H27NO2. The normalized spacial score (nSPS) is 30.2. The maximum absolute atomic E-state index is 11.1. The molecule has 0 bridgehead atoms. The van der Waals surface area contributed by atoms with E-state index in [0.29, 0.717) is 6.42 Å². The minimum atomic E-state index is -0.660. The predicted octanol–water partition coefficient (Wildman–Crippen LogP) is 3.14. The van der Waals surface area contributed by atoms with Gasteiger partial charge in [0.1, 0.15) is 0 Å². The molecule has 1 fully saturated rings. The third kappa shape index (κ3) is 3.98. The van der Waals surface area contributed by atoms with E-state index in [0.717, 1.165) is 18.8 Å². The van der Waals surface area contributed by atoms with Gasteiger partial charge in [-0.15, -0.1) is 0 Å². The van der Waals surface area contributed by atoms with E-state index in [-0.39, 0.29) is 5.54 Å². The lowest BCUT2D eigenvalue weighted by atomic mass is 9.85. The van der Waals surface area contributed by atoms with Crippen molar-refractivity contribution in [1.82, 2.24) is 4.90 Å². The highest BCUT2D eigenvalue weighted by Crippen LogP contribution is 2.37. The lowest BCUT2D eigenvalue weighted by Crippen LogP contribution is -2.45. The fourth-order valence-electron chi connectivity index (χ4n) is 3.22. The standard InChI is InChI=1S/C14H27NO2/c1-4-6-12-7-5-9-14(10-8-12,15(2)3)11-13(16)17/h12H,4-11H2,1-3H3,(H,16,17). The minimum absolute atomic E-state index is 0.103. The lowest BCUT2D eigenvalue weighted by Gasteiger charge is -2.38. The molecule has 0 heterocycles. The van der Waals surface area contributed by atoms with Crippen molar-refractivity contribution in [3.05, 3.63) is 0 Å². The summed E-state index contributed by atoms with van der Waals surface area (Å²) in [7, 11) is 4.06. The van der Waals surface area contributed by atoms with E-state index >= 15 is 0 Å². The number of carboxylic acid groups (broad SMARTS) is 1. The molecule has 2 unspecified atom stereocenters. The van der Waals surface area contributed by atoms with Gasteiger partial charge in [0.15, 0.2) is 0 Å². The van der Waals surface area contributed by atoms with Gasteiger partial charge < -0.3 is 10.0 Å². The summed E-state index contributed by atoms with van der Waals surface area (Å²) in [5.41, 5.74) is -0.103. The molecule has 0 saturated heterocycles. The fourth-order valence-corrected chi connectivity index (χ4v) is 3.22. The van der Waals surface area contributed by atoms with Crippen LogP contribution < -0.4 is 0 Å². The van der Waals surface area contributed by atoms with Crippen molar-refractivity contribution in [1.29, 1.82) is 0 Å². The quantitative estimate of drug-likeness (QED) is 0.752. The van der Waals surface area contributed by atoms with Gasteiger partial charge in [-0.2, -0.15) is 0 Å². The summed E-state index contributed by atoms with van der Waals surface area (Å²) in [5.74, 6) is 0.156. The molecule has 0 aliphatic heterocycles. The second-order valence-electron chi connectivity index (χ2n) is 5.77. The van der Waals surface area contributed by atoms with Gasteiger partial charge >= 0.3 is 5.97 Å². The topological polar surface area (TPSA) is 40.5 Å². The summed E-state index contributed by atoms with van der Waals surface area (Å²) in [5, 5.41) is 9.11. The molecule has 2 atom stereocenters. The van der Waals surface area contributed by atoms with Crippen LogP contribution in [-0.4, -0.2) is 35.6 Å². The van der Waals surface area contributed by atoms with Crippen LogP contribution in [-0.2, 0) is 4.79 Å². The molecule has 0 aromatic heterocycles. The van der Waals surface area contributed by atoms with E-state index in [1.807, 2.05) is 14.1 Å². The summed E-state index contributed by atoms with van der Waals surface area (Å²) in [6.07, 6.45) is 8.57. The van der Waals surface area contributed by atoms with Crippen LogP contribution in [0.5, 0.6) is 0 Å². The van der Waals surface area contributed by atoms with Gasteiger partial charge in [0.25, 0.3) is 0 Å². The highest BCUT2D eigenvalue weighted by Gasteiger charge is 2.36. The van der Waals surface area contributed by atoms with Crippen LogP contribution in [0.2, 0.25) is 0 Å². The fraction of sp³-hybridized carbons (Fsp3) is 0.929. The van der Waals surface area contributed by atoms with Crippen molar-refractivity contribution in [3.63, 3.8) is 0 Å². The van der Waals surface area contributed by atoms with Gasteiger partial charge in [0.05, 0.1) is 6.42 Å². The number of hydrogen-bond acceptors (Lipinski definition) is 2. The first-order valence-corrected chi connectivity index (χ1v) is 6.89. The molecule has 3 heteroatoms. The van der Waals surface area contributed by atoms with Crippen LogP contribution in [0, 0.1) is 5.92 Å². The first-order chi connectivity index (χ1) is 8.00. The third-order valence-electron chi connectivity index (χ3n) is 4.40. The van der Waals surface area contributed by atoms with Crippen molar-refractivity contribution in [2.24, 2.45) is 5.92 Å². The molecule has 1 rings (SSSR count). The van der Waals surface area contributed by atoms with Gasteiger partial charge in [0.2, 0.25) is 0 Å². The molecule has 17 heavy (non-hydrogen) atoms. The SMILES string of the molecule is CCCC1CCCC(CC(=O)O)(N(C)C)CC1. The van der Waals surface area contributed by atoms with E-state index in [9.17, 15) is 4.79 Å². The van der Waals surface area contributed by atoms with Crippen LogP contribution in [0.1, 0.15) is 58.3 Å². The molecule has 100 valence electrons. The van der Waals surface area contributed by atoms with E-state index < -0.39 is 5.97 Å². The van der Waals surface area contributed by atoms with Crippen molar-refractivity contribution in [2.75, 3.05) is 14.1 Å². The first-order valence-electron chi connectivity index (χ1n) is 6.89. The zero-order chi connectivity index (χ0) is 12.9. The molecule has 1 aliphatic carbocycles. The van der Waals surface area contributed by atoms with E-state index in [1.54, 1.807) is 0 Å². The summed E-state index contributed by atoms with van der Waals surface area (Å²) in [4.78, 5) is 13.2. The first kappa shape index (κ1) is 14.5. The number of aliphatic carboxylic acids is 1. The molecule has 0 amide bonds. The van der Waals surface area contributed by atoms with Crippen molar-refractivity contribution < 1.29 is 9.90 Å². The van der Waals surface area contributed by atoms with Crippen molar-refractivity contribution in [2.45, 2.75) is 63.8 Å². The van der Waals surface area contributed by atoms with Gasteiger partial charge in [-0.05, 0) is 39.3 Å². The maximum atomic E-state index is 11.1. The zero-order valence-corrected chi connectivity index (χ0v) is 11.5. The predicted molar refractivity (Wildman–Crippen MR) is 70.2 cm³/mol. The second-order valence-corrected chi connectivity index (χ2v) is 5.77. The molecule has 3 nitrogen and oxygen atoms in total. The van der Waals surface area contributed by atoms with E-state index in [4.69, 9.17) is 5.11 Å². The van der Waals surface area contributed by atoms with Crippen LogP contribution in [0.4, 0.5) is 0 Å². The number of hydrogen-bond donors (Lipinski definition) is 1. The number of carbonyl (C=O) groups is 1. The highest BCUT2D eigenvalue weighted by molar-refractivity contribution is 5.68. The zero-order valence-electron chi connectivity index (χ0n) is 11.5. The van der Waals surface area contributed by atoms with Crippen molar-refractivity contribution in [3.8, 4) is 0 Å². The Labute approximate surface area is 105 Å². The van der Waals surface area contributed by atoms with E-state index in [2.05, 4.69) is 11.8 Å². The van der Waals surface area contributed by atoms with Crippen molar-refractivity contribution >= 4 is 5.97 Å². The highest BCUT2D eigenvalue weighted by atomic mass is 16.4. The second kappa shape index (κ2) is 6.39. The van der Waals surface area contributed by atoms with Crippen LogP contribution in [0.25, 0.3) is 0 Å². The van der Waals surface area contributed by atoms with Crippen LogP contribution in [0.15, 0.2) is 0 Å². The average molecular weight is 241 g/mol. The van der Waals surface area contributed by atoms with Gasteiger partial charge in [-0.3, -0.25) is 4.79 Å². The molecule has 0 aromatic rings. The van der Waals surface area contributed by atoms with Gasteiger partial charge in [0, 0.05) is 5.54 Å². The Hall–Kier alpha value is -0.570. The largest absolute Gasteiger partial charge is 0.481 e. The van der Waals surface area contributed by atoms with Gasteiger partial charge in [-0.1, -0.05) is 32.6 Å². The molecule has 0 radical (unpaired) electrons. The Kier molecular flexibility index (Phi) is 5.44. The molecule has 0 aromatic carbocycles. The smallest absolute Gasteiger partial charge is 0.305 e. The number of rotatable bonds is 5. The van der Waals surface area contributed by atoms with Gasteiger partial charge in [-0.25, -0.2) is 0 Å². The number of nitrogens with zero attached hydrogens (tertiary/aromatic N) is 1. The summed E-state index contributed by atoms with van der Waals surface area (Å²) in [6.45, 7) is 2.24. The van der Waals surface area contributed by atoms with Crippen LogP contribution in [0.3, 0.4) is 0 Å². The van der Waals surface area contributed by atoms with Crippen LogP contribution >= 0.6 is 0 Å². The number of carboxylic acids is 1. The Morgan fingerprint density at radius 3 is 2.59 bits per heavy atom. The molecule has 0 spiro atoms. The third-order valence-corrected chi connectivity index (χ3v) is 4.40. The summed E-state index contributed by atoms with van der Waals surface area (Å²) < 4.78 is 0. The monoisotopic (exact) mass is 241 g/mol. The molecule has 1 saturated carbocycles.